The first-order valence-corrected chi connectivity index (χ1v) is 7.02. The predicted molar refractivity (Wildman–Crippen MR) is 87.3 cm³/mol. The smallest absolute Gasteiger partial charge is 0.260 e. The lowest BCUT2D eigenvalue weighted by Gasteiger charge is -2.24. The molecule has 2 rings (SSSR count). The Hall–Kier alpha value is -2.56. The highest BCUT2D eigenvalue weighted by Crippen LogP contribution is 2.36. The third-order valence-electron chi connectivity index (χ3n) is 3.57. The number of hydrogen-bond acceptors (Lipinski definition) is 4. The van der Waals surface area contributed by atoms with Crippen molar-refractivity contribution in [1.82, 2.24) is 4.90 Å². The van der Waals surface area contributed by atoms with E-state index in [1.54, 1.807) is 30.4 Å². The molecule has 5 nitrogen and oxygen atoms in total. The van der Waals surface area contributed by atoms with Gasteiger partial charge in [-0.1, -0.05) is 12.7 Å². The monoisotopic (exact) mass is 300 g/mol. The van der Waals surface area contributed by atoms with Crippen LogP contribution in [0.5, 0.6) is 11.5 Å². The maximum Gasteiger partial charge on any atom is 0.260 e. The molecule has 22 heavy (non-hydrogen) atoms. The predicted octanol–water partition coefficient (Wildman–Crippen LogP) is 3.34. The lowest BCUT2D eigenvalue weighted by atomic mass is 10.1. The van der Waals surface area contributed by atoms with Gasteiger partial charge in [-0.3, -0.25) is 9.79 Å². The maximum absolute atomic E-state index is 12.8. The number of aliphatic imine (C=N–C) groups is 1. The van der Waals surface area contributed by atoms with E-state index in [-0.39, 0.29) is 11.9 Å². The van der Waals surface area contributed by atoms with Crippen LogP contribution in [0.1, 0.15) is 23.2 Å². The number of carbonyl (C=O) groups is 1. The molecule has 0 radical (unpaired) electrons. The summed E-state index contributed by atoms with van der Waals surface area (Å²) in [6.07, 6.45) is 6.66. The van der Waals surface area contributed by atoms with Crippen LogP contribution in [0.3, 0.4) is 0 Å². The SMILES string of the molecule is C=CCCC1C=Nc2cc(OC)c(OC)cc2C(=O)N1C=C. The summed E-state index contributed by atoms with van der Waals surface area (Å²) in [5.41, 5.74) is 1.03. The van der Waals surface area contributed by atoms with Gasteiger partial charge in [-0.15, -0.1) is 6.58 Å². The quantitative estimate of drug-likeness (QED) is 0.757. The Labute approximate surface area is 130 Å². The average Bonchev–Trinajstić information content (AvgIpc) is 2.68. The summed E-state index contributed by atoms with van der Waals surface area (Å²) < 4.78 is 10.5. The summed E-state index contributed by atoms with van der Waals surface area (Å²) in [6.45, 7) is 7.46. The maximum atomic E-state index is 12.8. The first-order chi connectivity index (χ1) is 10.7. The molecule has 0 aliphatic carbocycles. The molecule has 0 fully saturated rings. The van der Waals surface area contributed by atoms with Gasteiger partial charge in [-0.2, -0.15) is 0 Å². The Morgan fingerprint density at radius 1 is 1.27 bits per heavy atom. The van der Waals surface area contributed by atoms with Crippen LogP contribution in [-0.2, 0) is 0 Å². The van der Waals surface area contributed by atoms with E-state index in [2.05, 4.69) is 18.2 Å². The molecule has 0 spiro atoms. The number of carbonyl (C=O) groups excluding carboxylic acids is 1. The molecule has 1 heterocycles. The first kappa shape index (κ1) is 15.8. The van der Waals surface area contributed by atoms with Gasteiger partial charge in [-0.25, -0.2) is 0 Å². The fraction of sp³-hybridized carbons (Fsp3) is 0.294. The largest absolute Gasteiger partial charge is 0.493 e. The molecule has 0 saturated carbocycles. The van der Waals surface area contributed by atoms with E-state index in [0.29, 0.717) is 22.7 Å². The fourth-order valence-corrected chi connectivity index (χ4v) is 2.39. The van der Waals surface area contributed by atoms with E-state index < -0.39 is 0 Å². The standard InChI is InChI=1S/C17H20N2O3/c1-5-7-8-12-11-18-14-10-16(22-4)15(21-3)9-13(14)17(20)19(12)6-2/h5-6,9-12H,1-2,7-8H2,3-4H3. The average molecular weight is 300 g/mol. The third kappa shape index (κ3) is 2.88. The zero-order valence-corrected chi connectivity index (χ0v) is 12.9. The summed E-state index contributed by atoms with van der Waals surface area (Å²) >= 11 is 0. The number of rotatable bonds is 6. The van der Waals surface area contributed by atoms with Gasteiger partial charge in [0.15, 0.2) is 11.5 Å². The van der Waals surface area contributed by atoms with Crippen LogP contribution in [0.25, 0.3) is 0 Å². The number of methoxy groups -OCH3 is 2. The van der Waals surface area contributed by atoms with Gasteiger partial charge in [0, 0.05) is 18.5 Å². The zero-order valence-electron chi connectivity index (χ0n) is 12.9. The van der Waals surface area contributed by atoms with Crippen molar-refractivity contribution in [3.05, 3.63) is 43.1 Å². The van der Waals surface area contributed by atoms with E-state index in [1.165, 1.54) is 13.3 Å². The van der Waals surface area contributed by atoms with Crippen LogP contribution < -0.4 is 9.47 Å². The Kier molecular flexibility index (Phi) is 4.99. The summed E-state index contributed by atoms with van der Waals surface area (Å²) in [4.78, 5) is 18.8. The van der Waals surface area contributed by atoms with E-state index in [0.717, 1.165) is 12.8 Å². The molecule has 1 unspecified atom stereocenters. The molecule has 1 aromatic rings. The van der Waals surface area contributed by atoms with Crippen molar-refractivity contribution in [2.24, 2.45) is 4.99 Å². The highest BCUT2D eigenvalue weighted by Gasteiger charge is 2.27. The van der Waals surface area contributed by atoms with Crippen molar-refractivity contribution in [3.63, 3.8) is 0 Å². The minimum absolute atomic E-state index is 0.146. The van der Waals surface area contributed by atoms with Gasteiger partial charge >= 0.3 is 0 Å². The number of benzene rings is 1. The van der Waals surface area contributed by atoms with Crippen molar-refractivity contribution in [1.29, 1.82) is 0 Å². The van der Waals surface area contributed by atoms with Crippen molar-refractivity contribution < 1.29 is 14.3 Å². The van der Waals surface area contributed by atoms with Crippen molar-refractivity contribution in [2.45, 2.75) is 18.9 Å². The Balaban J connectivity index is 2.49. The Bertz CT molecular complexity index is 623. The molecular formula is C17H20N2O3. The third-order valence-corrected chi connectivity index (χ3v) is 3.57. The van der Waals surface area contributed by atoms with E-state index in [4.69, 9.17) is 9.47 Å². The normalized spacial score (nSPS) is 16.7. The van der Waals surface area contributed by atoms with Crippen LogP contribution in [0.2, 0.25) is 0 Å². The molecule has 1 aliphatic heterocycles. The number of fused-ring (bicyclic) bond motifs is 1. The van der Waals surface area contributed by atoms with Crippen molar-refractivity contribution in [2.75, 3.05) is 14.2 Å². The summed E-state index contributed by atoms with van der Waals surface area (Å²) in [5.74, 6) is 0.886. The Morgan fingerprint density at radius 2 is 1.95 bits per heavy atom. The number of allylic oxidation sites excluding steroid dienone is 1. The molecular weight excluding hydrogens is 280 g/mol. The minimum Gasteiger partial charge on any atom is -0.493 e. The molecule has 0 saturated heterocycles. The van der Waals surface area contributed by atoms with Crippen molar-refractivity contribution in [3.8, 4) is 11.5 Å². The van der Waals surface area contributed by atoms with Crippen LogP contribution in [-0.4, -0.2) is 37.3 Å². The lowest BCUT2D eigenvalue weighted by molar-refractivity contribution is 0.0802. The number of amides is 1. The van der Waals surface area contributed by atoms with Gasteiger partial charge in [0.05, 0.1) is 31.5 Å². The van der Waals surface area contributed by atoms with Crippen molar-refractivity contribution >= 4 is 17.8 Å². The molecule has 0 bridgehead atoms. The topological polar surface area (TPSA) is 51.1 Å². The highest BCUT2D eigenvalue weighted by atomic mass is 16.5. The van der Waals surface area contributed by atoms with Crippen LogP contribution in [0.15, 0.2) is 42.6 Å². The summed E-state index contributed by atoms with van der Waals surface area (Å²) in [6, 6.07) is 3.22. The molecule has 0 N–H and O–H groups in total. The second-order valence-corrected chi connectivity index (χ2v) is 4.83. The number of ether oxygens (including phenoxy) is 2. The van der Waals surface area contributed by atoms with Crippen LogP contribution in [0.4, 0.5) is 5.69 Å². The molecule has 116 valence electrons. The molecule has 1 aliphatic rings. The van der Waals surface area contributed by atoms with Gasteiger partial charge in [0.2, 0.25) is 0 Å². The van der Waals surface area contributed by atoms with E-state index >= 15 is 0 Å². The van der Waals surface area contributed by atoms with Gasteiger partial charge in [0.25, 0.3) is 5.91 Å². The van der Waals surface area contributed by atoms with Crippen LogP contribution >= 0.6 is 0 Å². The zero-order chi connectivity index (χ0) is 16.1. The second-order valence-electron chi connectivity index (χ2n) is 4.83. The number of hydrogen-bond donors (Lipinski definition) is 0. The first-order valence-electron chi connectivity index (χ1n) is 7.02. The van der Waals surface area contributed by atoms with Gasteiger partial charge < -0.3 is 14.4 Å². The summed E-state index contributed by atoms with van der Waals surface area (Å²) in [5, 5.41) is 0. The van der Waals surface area contributed by atoms with Crippen LogP contribution in [0, 0.1) is 0 Å². The van der Waals surface area contributed by atoms with Gasteiger partial charge in [0.1, 0.15) is 0 Å². The van der Waals surface area contributed by atoms with Gasteiger partial charge in [-0.05, 0) is 18.9 Å². The summed E-state index contributed by atoms with van der Waals surface area (Å²) in [7, 11) is 3.09. The number of nitrogens with zero attached hydrogens (tertiary/aromatic N) is 2. The minimum atomic E-state index is -0.155. The molecule has 5 heteroatoms. The Morgan fingerprint density at radius 3 is 2.55 bits per heavy atom. The molecule has 0 aromatic heterocycles. The lowest BCUT2D eigenvalue weighted by Crippen LogP contribution is -2.36. The molecule has 1 aromatic carbocycles. The fourth-order valence-electron chi connectivity index (χ4n) is 2.39. The second kappa shape index (κ2) is 6.93. The molecule has 1 atom stereocenters. The molecule has 1 amide bonds. The van der Waals surface area contributed by atoms with E-state index in [1.807, 2.05) is 6.08 Å². The highest BCUT2D eigenvalue weighted by molar-refractivity contribution is 6.03. The van der Waals surface area contributed by atoms with E-state index in [9.17, 15) is 4.79 Å².